The minimum absolute atomic E-state index is 0.118. The van der Waals surface area contributed by atoms with Crippen LogP contribution in [-0.4, -0.2) is 23.8 Å². The van der Waals surface area contributed by atoms with Gasteiger partial charge in [0.15, 0.2) is 0 Å². The maximum atomic E-state index is 9.30. The van der Waals surface area contributed by atoms with Gasteiger partial charge in [0.25, 0.3) is 0 Å². The van der Waals surface area contributed by atoms with E-state index in [0.717, 1.165) is 19.4 Å². The summed E-state index contributed by atoms with van der Waals surface area (Å²) in [7, 11) is 0. The molecule has 2 nitrogen and oxygen atoms in total. The quantitative estimate of drug-likeness (QED) is 0.569. The molecule has 1 fully saturated rings. The van der Waals surface area contributed by atoms with Crippen LogP contribution >= 0.6 is 0 Å². The predicted molar refractivity (Wildman–Crippen MR) is 37.3 cm³/mol. The van der Waals surface area contributed by atoms with Gasteiger partial charge in [-0.05, 0) is 25.8 Å². The third-order valence-electron chi connectivity index (χ3n) is 1.98. The van der Waals surface area contributed by atoms with Crippen molar-refractivity contribution in [1.82, 2.24) is 5.32 Å². The van der Waals surface area contributed by atoms with Crippen molar-refractivity contribution < 1.29 is 5.11 Å². The molecule has 0 bridgehead atoms. The molecular weight excluding hydrogens is 114 g/mol. The number of aliphatic hydroxyl groups is 1. The molecule has 0 saturated carbocycles. The van der Waals surface area contributed by atoms with E-state index in [-0.39, 0.29) is 6.10 Å². The van der Waals surface area contributed by atoms with E-state index in [1.807, 2.05) is 6.92 Å². The van der Waals surface area contributed by atoms with E-state index in [0.29, 0.717) is 6.04 Å². The molecule has 1 aliphatic heterocycles. The molecule has 0 radical (unpaired) electrons. The molecule has 0 spiro atoms. The van der Waals surface area contributed by atoms with Crippen LogP contribution in [-0.2, 0) is 0 Å². The third kappa shape index (κ3) is 1.66. The van der Waals surface area contributed by atoms with Gasteiger partial charge in [0.1, 0.15) is 0 Å². The maximum absolute atomic E-state index is 9.30. The van der Waals surface area contributed by atoms with Gasteiger partial charge in [-0.3, -0.25) is 0 Å². The van der Waals surface area contributed by atoms with Gasteiger partial charge in [-0.25, -0.2) is 0 Å². The zero-order chi connectivity index (χ0) is 6.69. The first-order chi connectivity index (χ1) is 4.34. The second-order valence-electron chi connectivity index (χ2n) is 2.68. The van der Waals surface area contributed by atoms with Crippen LogP contribution in [0.1, 0.15) is 26.2 Å². The molecule has 1 rings (SSSR count). The van der Waals surface area contributed by atoms with Crippen molar-refractivity contribution in [1.29, 1.82) is 0 Å². The fourth-order valence-corrected chi connectivity index (χ4v) is 1.32. The van der Waals surface area contributed by atoms with Crippen molar-refractivity contribution in [3.8, 4) is 0 Å². The van der Waals surface area contributed by atoms with E-state index in [4.69, 9.17) is 0 Å². The lowest BCUT2D eigenvalue weighted by atomic mass is 10.1. The van der Waals surface area contributed by atoms with Gasteiger partial charge in [0.05, 0.1) is 6.10 Å². The number of hydrogen-bond acceptors (Lipinski definition) is 2. The van der Waals surface area contributed by atoms with Crippen molar-refractivity contribution in [2.24, 2.45) is 0 Å². The van der Waals surface area contributed by atoms with Gasteiger partial charge in [-0.15, -0.1) is 0 Å². The highest BCUT2D eigenvalue weighted by Gasteiger charge is 2.20. The highest BCUT2D eigenvalue weighted by Crippen LogP contribution is 2.10. The van der Waals surface area contributed by atoms with Gasteiger partial charge < -0.3 is 10.4 Å². The fraction of sp³-hybridized carbons (Fsp3) is 1.00. The molecule has 1 unspecified atom stereocenters. The highest BCUT2D eigenvalue weighted by atomic mass is 16.3. The number of rotatable bonds is 2. The first-order valence-corrected chi connectivity index (χ1v) is 3.76. The summed E-state index contributed by atoms with van der Waals surface area (Å²) in [4.78, 5) is 0. The minimum atomic E-state index is -0.118. The Morgan fingerprint density at radius 1 is 1.78 bits per heavy atom. The summed E-state index contributed by atoms with van der Waals surface area (Å²) in [6, 6.07) is 0.384. The van der Waals surface area contributed by atoms with Gasteiger partial charge in [-0.1, -0.05) is 6.92 Å². The molecule has 1 heterocycles. The van der Waals surface area contributed by atoms with Crippen LogP contribution in [0.25, 0.3) is 0 Å². The minimum Gasteiger partial charge on any atom is -0.392 e. The summed E-state index contributed by atoms with van der Waals surface area (Å²) in [5.41, 5.74) is 0. The SMILES string of the molecule is CCC(O)[C@@H]1CCCN1. The lowest BCUT2D eigenvalue weighted by Gasteiger charge is -2.15. The molecule has 0 amide bonds. The Hall–Kier alpha value is -0.0800. The molecule has 1 aliphatic rings. The Labute approximate surface area is 56.3 Å². The molecular formula is C7H15NO. The Balaban J connectivity index is 2.24. The summed E-state index contributed by atoms with van der Waals surface area (Å²) < 4.78 is 0. The molecule has 0 aromatic heterocycles. The average molecular weight is 129 g/mol. The van der Waals surface area contributed by atoms with Crippen LogP contribution in [0.2, 0.25) is 0 Å². The zero-order valence-corrected chi connectivity index (χ0v) is 5.93. The van der Waals surface area contributed by atoms with E-state index in [9.17, 15) is 5.11 Å². The molecule has 0 aromatic carbocycles. The van der Waals surface area contributed by atoms with Crippen LogP contribution in [0.15, 0.2) is 0 Å². The van der Waals surface area contributed by atoms with Crippen molar-refractivity contribution in [3.05, 3.63) is 0 Å². The standard InChI is InChI=1S/C7H15NO/c1-2-7(9)6-4-3-5-8-6/h6-9H,2-5H2,1H3/t6-,7?/m0/s1. The third-order valence-corrected chi connectivity index (χ3v) is 1.98. The second kappa shape index (κ2) is 3.18. The largest absolute Gasteiger partial charge is 0.392 e. The van der Waals surface area contributed by atoms with E-state index in [1.165, 1.54) is 6.42 Å². The Morgan fingerprint density at radius 2 is 2.56 bits per heavy atom. The first kappa shape index (κ1) is 7.03. The van der Waals surface area contributed by atoms with Crippen molar-refractivity contribution in [2.75, 3.05) is 6.54 Å². The van der Waals surface area contributed by atoms with Crippen molar-refractivity contribution >= 4 is 0 Å². The zero-order valence-electron chi connectivity index (χ0n) is 5.93. The van der Waals surface area contributed by atoms with E-state index in [2.05, 4.69) is 5.32 Å². The normalized spacial score (nSPS) is 30.7. The molecule has 1 saturated heterocycles. The fourth-order valence-electron chi connectivity index (χ4n) is 1.32. The van der Waals surface area contributed by atoms with Crippen LogP contribution in [0.3, 0.4) is 0 Å². The molecule has 2 N–H and O–H groups in total. The monoisotopic (exact) mass is 129 g/mol. The van der Waals surface area contributed by atoms with E-state index in [1.54, 1.807) is 0 Å². The van der Waals surface area contributed by atoms with Crippen molar-refractivity contribution in [3.63, 3.8) is 0 Å². The van der Waals surface area contributed by atoms with Gasteiger partial charge >= 0.3 is 0 Å². The summed E-state index contributed by atoms with van der Waals surface area (Å²) in [6.45, 7) is 3.10. The topological polar surface area (TPSA) is 32.3 Å². The highest BCUT2D eigenvalue weighted by molar-refractivity contribution is 4.79. The number of nitrogens with one attached hydrogen (secondary N) is 1. The first-order valence-electron chi connectivity index (χ1n) is 3.76. The van der Waals surface area contributed by atoms with Crippen molar-refractivity contribution in [2.45, 2.75) is 38.3 Å². The summed E-state index contributed by atoms with van der Waals surface area (Å²) in [5.74, 6) is 0. The van der Waals surface area contributed by atoms with Crippen LogP contribution < -0.4 is 5.32 Å². The van der Waals surface area contributed by atoms with Gasteiger partial charge in [0.2, 0.25) is 0 Å². The molecule has 2 atom stereocenters. The Morgan fingerprint density at radius 3 is 3.00 bits per heavy atom. The van der Waals surface area contributed by atoms with Gasteiger partial charge in [0, 0.05) is 6.04 Å². The Bertz CT molecular complexity index is 79.0. The second-order valence-corrected chi connectivity index (χ2v) is 2.68. The summed E-state index contributed by atoms with van der Waals surface area (Å²) in [6.07, 6.45) is 3.13. The van der Waals surface area contributed by atoms with Gasteiger partial charge in [-0.2, -0.15) is 0 Å². The van der Waals surface area contributed by atoms with Crippen LogP contribution in [0.5, 0.6) is 0 Å². The maximum Gasteiger partial charge on any atom is 0.0690 e. The van der Waals surface area contributed by atoms with Crippen LogP contribution in [0.4, 0.5) is 0 Å². The van der Waals surface area contributed by atoms with E-state index < -0.39 is 0 Å². The Kier molecular flexibility index (Phi) is 2.49. The van der Waals surface area contributed by atoms with Crippen LogP contribution in [0, 0.1) is 0 Å². The summed E-state index contributed by atoms with van der Waals surface area (Å²) in [5, 5.41) is 12.6. The van der Waals surface area contributed by atoms with E-state index >= 15 is 0 Å². The molecule has 54 valence electrons. The smallest absolute Gasteiger partial charge is 0.0690 e. The predicted octanol–water partition coefficient (Wildman–Crippen LogP) is 0.509. The summed E-state index contributed by atoms with van der Waals surface area (Å²) >= 11 is 0. The molecule has 0 aliphatic carbocycles. The lowest BCUT2D eigenvalue weighted by molar-refractivity contribution is 0.132. The molecule has 9 heavy (non-hydrogen) atoms. The molecule has 2 heteroatoms. The number of hydrogen-bond donors (Lipinski definition) is 2. The lowest BCUT2D eigenvalue weighted by Crippen LogP contribution is -2.33. The average Bonchev–Trinajstić information content (AvgIpc) is 2.37. The number of aliphatic hydroxyl groups excluding tert-OH is 1. The molecule has 0 aromatic rings.